The van der Waals surface area contributed by atoms with E-state index in [1.807, 2.05) is 0 Å². The Kier molecular flexibility index (Phi) is 3.16. The molecule has 0 aliphatic carbocycles. The average molecular weight is 244 g/mol. The van der Waals surface area contributed by atoms with Crippen LogP contribution in [0.4, 0.5) is 0 Å². The van der Waals surface area contributed by atoms with Gasteiger partial charge in [0.05, 0.1) is 0 Å². The summed E-state index contributed by atoms with van der Waals surface area (Å²) in [7, 11) is 0. The minimum Gasteiger partial charge on any atom is -0.0870 e. The highest BCUT2D eigenvalue weighted by molar-refractivity contribution is 5.98. The third kappa shape index (κ3) is 2.17. The summed E-state index contributed by atoms with van der Waals surface area (Å²) in [6.07, 6.45) is 4.25. The quantitative estimate of drug-likeness (QED) is 0.555. The molecule has 0 heterocycles. The summed E-state index contributed by atoms with van der Waals surface area (Å²) in [5.41, 5.74) is 3.85. The van der Waals surface area contributed by atoms with Gasteiger partial charge in [0.25, 0.3) is 0 Å². The van der Waals surface area contributed by atoms with Gasteiger partial charge in [0.2, 0.25) is 0 Å². The Bertz CT molecular complexity index is 730. The van der Waals surface area contributed by atoms with Crippen LogP contribution in [-0.4, -0.2) is 0 Å². The highest BCUT2D eigenvalue weighted by Gasteiger charge is 2.05. The maximum Gasteiger partial charge on any atom is -0.00994 e. The number of allylic oxidation sites excluding steroid dienone is 1. The largest absolute Gasteiger partial charge is 0.0870 e. The van der Waals surface area contributed by atoms with Crippen molar-refractivity contribution < 1.29 is 0 Å². The topological polar surface area (TPSA) is 0 Å². The number of rotatable bonds is 2. The molecule has 0 aromatic heterocycles. The fourth-order valence-corrected chi connectivity index (χ4v) is 2.53. The zero-order valence-electron chi connectivity index (χ0n) is 11.0. The lowest BCUT2D eigenvalue weighted by molar-refractivity contribution is 1.61. The number of fused-ring (bicyclic) bond motifs is 1. The fraction of sp³-hybridized carbons (Fsp3) is 0.0526. The first-order valence-electron chi connectivity index (χ1n) is 6.60. The standard InChI is InChI=1S/C19H16/c1-2-8-15-9-3-5-12-17(15)19-14-7-11-16-10-4-6-13-18(16)19/h2-14H,1H3. The molecule has 0 fully saturated rings. The number of hydrogen-bond acceptors (Lipinski definition) is 0. The molecule has 0 aliphatic rings. The Hall–Kier alpha value is -2.34. The van der Waals surface area contributed by atoms with Crippen LogP contribution in [0.2, 0.25) is 0 Å². The molecule has 0 unspecified atom stereocenters. The van der Waals surface area contributed by atoms with Crippen molar-refractivity contribution in [1.82, 2.24) is 0 Å². The highest BCUT2D eigenvalue weighted by Crippen LogP contribution is 2.31. The van der Waals surface area contributed by atoms with Crippen LogP contribution in [0.1, 0.15) is 12.5 Å². The van der Waals surface area contributed by atoms with Gasteiger partial charge in [-0.05, 0) is 34.4 Å². The summed E-state index contributed by atoms with van der Waals surface area (Å²) < 4.78 is 0. The van der Waals surface area contributed by atoms with E-state index in [4.69, 9.17) is 0 Å². The third-order valence-electron chi connectivity index (χ3n) is 3.39. The van der Waals surface area contributed by atoms with Gasteiger partial charge in [-0.25, -0.2) is 0 Å². The molecule has 0 heteroatoms. The van der Waals surface area contributed by atoms with Crippen LogP contribution in [0.3, 0.4) is 0 Å². The van der Waals surface area contributed by atoms with Crippen molar-refractivity contribution in [3.8, 4) is 11.1 Å². The van der Waals surface area contributed by atoms with Crippen LogP contribution in [0, 0.1) is 0 Å². The van der Waals surface area contributed by atoms with Crippen molar-refractivity contribution in [1.29, 1.82) is 0 Å². The summed E-state index contributed by atoms with van der Waals surface area (Å²) in [6.45, 7) is 2.06. The van der Waals surface area contributed by atoms with E-state index in [0.717, 1.165) is 0 Å². The summed E-state index contributed by atoms with van der Waals surface area (Å²) >= 11 is 0. The molecule has 92 valence electrons. The minimum absolute atomic E-state index is 1.27. The molecule has 19 heavy (non-hydrogen) atoms. The van der Waals surface area contributed by atoms with Crippen molar-refractivity contribution in [2.24, 2.45) is 0 Å². The number of benzene rings is 3. The van der Waals surface area contributed by atoms with Gasteiger partial charge in [0.15, 0.2) is 0 Å². The van der Waals surface area contributed by atoms with Crippen molar-refractivity contribution in [3.63, 3.8) is 0 Å². The summed E-state index contributed by atoms with van der Waals surface area (Å²) in [5.74, 6) is 0. The van der Waals surface area contributed by atoms with E-state index in [1.54, 1.807) is 0 Å². The monoisotopic (exact) mass is 244 g/mol. The summed E-state index contributed by atoms with van der Waals surface area (Å²) in [4.78, 5) is 0. The zero-order chi connectivity index (χ0) is 13.1. The number of hydrogen-bond donors (Lipinski definition) is 0. The van der Waals surface area contributed by atoms with E-state index in [0.29, 0.717) is 0 Å². The molecule has 0 radical (unpaired) electrons. The average Bonchev–Trinajstić information content (AvgIpc) is 2.48. The second-order valence-corrected chi connectivity index (χ2v) is 4.61. The van der Waals surface area contributed by atoms with Crippen LogP contribution < -0.4 is 0 Å². The van der Waals surface area contributed by atoms with E-state index < -0.39 is 0 Å². The first-order valence-corrected chi connectivity index (χ1v) is 6.60. The lowest BCUT2D eigenvalue weighted by Crippen LogP contribution is -1.84. The molecule has 0 amide bonds. The fourth-order valence-electron chi connectivity index (χ4n) is 2.53. The van der Waals surface area contributed by atoms with Crippen molar-refractivity contribution in [2.45, 2.75) is 6.92 Å². The van der Waals surface area contributed by atoms with E-state index in [2.05, 4.69) is 85.8 Å². The van der Waals surface area contributed by atoms with E-state index >= 15 is 0 Å². The molecule has 0 N–H and O–H groups in total. The molecule has 0 saturated heterocycles. The van der Waals surface area contributed by atoms with Crippen molar-refractivity contribution in [3.05, 3.63) is 78.4 Å². The second-order valence-electron chi connectivity index (χ2n) is 4.61. The highest BCUT2D eigenvalue weighted by atomic mass is 14.1. The smallest absolute Gasteiger partial charge is 0.00994 e. The third-order valence-corrected chi connectivity index (χ3v) is 3.39. The van der Waals surface area contributed by atoms with Crippen molar-refractivity contribution in [2.75, 3.05) is 0 Å². The molecule has 3 aromatic rings. The Balaban J connectivity index is 2.31. The van der Waals surface area contributed by atoms with Gasteiger partial charge in [-0.1, -0.05) is 78.9 Å². The van der Waals surface area contributed by atoms with Gasteiger partial charge < -0.3 is 0 Å². The van der Waals surface area contributed by atoms with Gasteiger partial charge in [0.1, 0.15) is 0 Å². The van der Waals surface area contributed by atoms with Gasteiger partial charge in [-0.15, -0.1) is 0 Å². The first kappa shape index (κ1) is 11.7. The zero-order valence-corrected chi connectivity index (χ0v) is 11.0. The maximum atomic E-state index is 2.20. The molecule has 0 aliphatic heterocycles. The molecule has 0 spiro atoms. The SMILES string of the molecule is CC=Cc1ccccc1-c1cccc2ccccc12. The molecule has 0 saturated carbocycles. The molecular weight excluding hydrogens is 228 g/mol. The van der Waals surface area contributed by atoms with Gasteiger partial charge in [-0.3, -0.25) is 0 Å². The van der Waals surface area contributed by atoms with E-state index in [9.17, 15) is 0 Å². The van der Waals surface area contributed by atoms with Crippen molar-refractivity contribution >= 4 is 16.8 Å². The van der Waals surface area contributed by atoms with Crippen LogP contribution in [-0.2, 0) is 0 Å². The van der Waals surface area contributed by atoms with E-state index in [-0.39, 0.29) is 0 Å². The molecular formula is C19H16. The normalized spacial score (nSPS) is 11.2. The van der Waals surface area contributed by atoms with Crippen LogP contribution in [0.15, 0.2) is 72.8 Å². The van der Waals surface area contributed by atoms with Gasteiger partial charge >= 0.3 is 0 Å². The predicted molar refractivity (Wildman–Crippen MR) is 84.1 cm³/mol. The Morgan fingerprint density at radius 3 is 2.26 bits per heavy atom. The van der Waals surface area contributed by atoms with E-state index in [1.165, 1.54) is 27.5 Å². The summed E-state index contributed by atoms with van der Waals surface area (Å²) in [6, 6.07) is 23.6. The molecule has 3 rings (SSSR count). The lowest BCUT2D eigenvalue weighted by atomic mass is 9.94. The maximum absolute atomic E-state index is 2.20. The van der Waals surface area contributed by atoms with Crippen LogP contribution in [0.5, 0.6) is 0 Å². The van der Waals surface area contributed by atoms with Crippen LogP contribution in [0.25, 0.3) is 28.0 Å². The van der Waals surface area contributed by atoms with Gasteiger partial charge in [0, 0.05) is 0 Å². The first-order chi connectivity index (χ1) is 9.40. The van der Waals surface area contributed by atoms with Gasteiger partial charge in [-0.2, -0.15) is 0 Å². The lowest BCUT2D eigenvalue weighted by Gasteiger charge is -2.10. The predicted octanol–water partition coefficient (Wildman–Crippen LogP) is 5.54. The molecule has 0 atom stereocenters. The Labute approximate surface area is 114 Å². The Morgan fingerprint density at radius 2 is 1.37 bits per heavy atom. The second kappa shape index (κ2) is 5.11. The molecule has 3 aromatic carbocycles. The molecule has 0 nitrogen and oxygen atoms in total. The summed E-state index contributed by atoms with van der Waals surface area (Å²) in [5, 5.41) is 2.59. The molecule has 0 bridgehead atoms. The van der Waals surface area contributed by atoms with Crippen LogP contribution >= 0.6 is 0 Å². The minimum atomic E-state index is 1.27. The Morgan fingerprint density at radius 1 is 0.684 bits per heavy atom.